The second-order valence-corrected chi connectivity index (χ2v) is 8.69. The Kier molecular flexibility index (Phi) is 7.88. The van der Waals surface area contributed by atoms with Crippen molar-refractivity contribution in [1.29, 1.82) is 0 Å². The van der Waals surface area contributed by atoms with Gasteiger partial charge >= 0.3 is 6.18 Å². The number of piperidine rings is 1. The summed E-state index contributed by atoms with van der Waals surface area (Å²) in [6.07, 6.45) is -0.856. The van der Waals surface area contributed by atoms with Crippen LogP contribution in [0.2, 0.25) is 0 Å². The molecule has 12 heteroatoms. The van der Waals surface area contributed by atoms with Gasteiger partial charge in [-0.25, -0.2) is 13.8 Å². The third kappa shape index (κ3) is 5.90. The van der Waals surface area contributed by atoms with Crippen molar-refractivity contribution in [3.63, 3.8) is 0 Å². The van der Waals surface area contributed by atoms with Crippen LogP contribution in [0.4, 0.5) is 50.5 Å². The lowest BCUT2D eigenvalue weighted by Crippen LogP contribution is -2.29. The number of benzene rings is 2. The Morgan fingerprint density at radius 3 is 2.32 bits per heavy atom. The average molecular weight is 536 g/mol. The summed E-state index contributed by atoms with van der Waals surface area (Å²) in [6.45, 7) is 1.85. The van der Waals surface area contributed by atoms with E-state index in [1.165, 1.54) is 20.6 Å². The number of carbonyl (C=O) groups excluding carboxylic acids is 1. The maximum Gasteiger partial charge on any atom is 0.419 e. The predicted molar refractivity (Wildman–Crippen MR) is 135 cm³/mol. The number of ether oxygens (including phenoxy) is 1. The van der Waals surface area contributed by atoms with Crippen LogP contribution < -0.4 is 25.6 Å². The molecule has 1 aliphatic heterocycles. The van der Waals surface area contributed by atoms with Crippen molar-refractivity contribution in [2.24, 2.45) is 0 Å². The van der Waals surface area contributed by atoms with Crippen molar-refractivity contribution in [1.82, 2.24) is 10.3 Å². The highest BCUT2D eigenvalue weighted by Crippen LogP contribution is 2.39. The number of halogens is 5. The monoisotopic (exact) mass is 535 g/mol. The van der Waals surface area contributed by atoms with E-state index in [4.69, 9.17) is 4.74 Å². The van der Waals surface area contributed by atoms with Crippen molar-refractivity contribution in [3.8, 4) is 5.75 Å². The van der Waals surface area contributed by atoms with Crippen LogP contribution in [0.15, 0.2) is 42.6 Å². The third-order valence-corrected chi connectivity index (χ3v) is 6.18. The Labute approximate surface area is 216 Å². The molecule has 0 bridgehead atoms. The van der Waals surface area contributed by atoms with Gasteiger partial charge in [0.05, 0.1) is 35.3 Å². The maximum absolute atomic E-state index is 14.0. The molecule has 1 aromatic heterocycles. The Bertz CT molecular complexity index is 1330. The van der Waals surface area contributed by atoms with Gasteiger partial charge in [-0.15, -0.1) is 0 Å². The van der Waals surface area contributed by atoms with Crippen LogP contribution in [-0.4, -0.2) is 38.1 Å². The molecule has 7 nitrogen and oxygen atoms in total. The fourth-order valence-corrected chi connectivity index (χ4v) is 4.24. The number of amides is 1. The van der Waals surface area contributed by atoms with E-state index in [0.29, 0.717) is 29.8 Å². The van der Waals surface area contributed by atoms with E-state index in [0.717, 1.165) is 37.7 Å². The molecule has 0 spiro atoms. The molecule has 0 radical (unpaired) electrons. The molecular weight excluding hydrogens is 509 g/mol. The van der Waals surface area contributed by atoms with Crippen LogP contribution in [0.1, 0.15) is 35.2 Å². The molecule has 1 fully saturated rings. The van der Waals surface area contributed by atoms with Gasteiger partial charge in [0, 0.05) is 50.2 Å². The molecule has 0 unspecified atom stereocenters. The first-order chi connectivity index (χ1) is 18.1. The van der Waals surface area contributed by atoms with Gasteiger partial charge in [0.2, 0.25) is 0 Å². The van der Waals surface area contributed by atoms with E-state index in [1.54, 1.807) is 6.07 Å². The summed E-state index contributed by atoms with van der Waals surface area (Å²) < 4.78 is 74.6. The minimum Gasteiger partial charge on any atom is -0.494 e. The van der Waals surface area contributed by atoms with Gasteiger partial charge in [-0.3, -0.25) is 4.79 Å². The lowest BCUT2D eigenvalue weighted by molar-refractivity contribution is -0.137. The Morgan fingerprint density at radius 2 is 1.66 bits per heavy atom. The number of anilines is 5. The first kappa shape index (κ1) is 27.0. The van der Waals surface area contributed by atoms with Crippen molar-refractivity contribution in [2.45, 2.75) is 25.4 Å². The molecule has 2 aromatic carbocycles. The van der Waals surface area contributed by atoms with Gasteiger partial charge in [-0.2, -0.15) is 13.2 Å². The summed E-state index contributed by atoms with van der Waals surface area (Å²) in [6, 6.07) is 7.77. The summed E-state index contributed by atoms with van der Waals surface area (Å²) in [4.78, 5) is 18.3. The fraction of sp³-hybridized carbons (Fsp3) is 0.308. The fourth-order valence-electron chi connectivity index (χ4n) is 4.24. The summed E-state index contributed by atoms with van der Waals surface area (Å²) >= 11 is 0. The van der Waals surface area contributed by atoms with Crippen molar-refractivity contribution < 1.29 is 31.5 Å². The van der Waals surface area contributed by atoms with Crippen molar-refractivity contribution in [3.05, 3.63) is 65.4 Å². The topological polar surface area (TPSA) is 78.5 Å². The number of alkyl halides is 3. The summed E-state index contributed by atoms with van der Waals surface area (Å²) in [5.74, 6) is -2.98. The molecular formula is C26H26F5N5O2. The Balaban J connectivity index is 1.69. The molecule has 0 saturated carbocycles. The third-order valence-electron chi connectivity index (χ3n) is 6.18. The molecule has 1 amide bonds. The first-order valence-electron chi connectivity index (χ1n) is 11.9. The van der Waals surface area contributed by atoms with E-state index < -0.39 is 35.0 Å². The summed E-state index contributed by atoms with van der Waals surface area (Å²) in [5.41, 5.74) is -0.978. The van der Waals surface area contributed by atoms with Crippen molar-refractivity contribution in [2.75, 3.05) is 42.8 Å². The summed E-state index contributed by atoms with van der Waals surface area (Å²) in [7, 11) is 2.74. The van der Waals surface area contributed by atoms with Crippen LogP contribution in [-0.2, 0) is 6.18 Å². The second-order valence-electron chi connectivity index (χ2n) is 8.69. The highest BCUT2D eigenvalue weighted by Gasteiger charge is 2.35. The second kappa shape index (κ2) is 11.1. The number of nitrogens with zero attached hydrogens (tertiary/aromatic N) is 2. The minimum absolute atomic E-state index is 0.0219. The number of hydrogen-bond acceptors (Lipinski definition) is 6. The molecule has 202 valence electrons. The molecule has 1 aliphatic rings. The first-order valence-corrected chi connectivity index (χ1v) is 11.9. The molecule has 0 aliphatic carbocycles. The van der Waals surface area contributed by atoms with Gasteiger partial charge in [-0.05, 0) is 37.5 Å². The Hall–Kier alpha value is -4.09. The van der Waals surface area contributed by atoms with Gasteiger partial charge < -0.3 is 25.6 Å². The average Bonchev–Trinajstić information content (AvgIpc) is 2.90. The SMILES string of the molecule is CNC(=O)c1cc(F)c(F)cc1Nc1cc(Nc2ccc(N3CCCCC3)cc2OC)ncc1C(F)(F)F. The van der Waals surface area contributed by atoms with Gasteiger partial charge in [-0.1, -0.05) is 0 Å². The lowest BCUT2D eigenvalue weighted by Gasteiger charge is -2.29. The van der Waals surface area contributed by atoms with Crippen LogP contribution in [0.3, 0.4) is 0 Å². The molecule has 3 aromatic rings. The minimum atomic E-state index is -4.83. The molecule has 4 rings (SSSR count). The quantitative estimate of drug-likeness (QED) is 0.312. The maximum atomic E-state index is 14.0. The van der Waals surface area contributed by atoms with E-state index >= 15 is 0 Å². The van der Waals surface area contributed by atoms with Crippen LogP contribution in [0, 0.1) is 11.6 Å². The highest BCUT2D eigenvalue weighted by atomic mass is 19.4. The number of rotatable bonds is 7. The number of nitrogens with one attached hydrogen (secondary N) is 3. The van der Waals surface area contributed by atoms with Crippen LogP contribution >= 0.6 is 0 Å². The Morgan fingerprint density at radius 1 is 0.947 bits per heavy atom. The van der Waals surface area contributed by atoms with E-state index in [1.807, 2.05) is 12.1 Å². The van der Waals surface area contributed by atoms with Gasteiger partial charge in [0.1, 0.15) is 11.6 Å². The molecule has 0 atom stereocenters. The standard InChI is InChI=1S/C26H26F5N5O2/c1-32-25(37)16-11-18(27)19(28)12-21(16)34-22-13-24(33-14-17(22)26(29,30)31)35-20-7-6-15(10-23(20)38-2)36-8-4-3-5-9-36/h6-7,10-14H,3-5,8-9H2,1-2H3,(H,32,37)(H2,33,34,35). The zero-order valence-corrected chi connectivity index (χ0v) is 20.7. The largest absolute Gasteiger partial charge is 0.494 e. The van der Waals surface area contributed by atoms with Crippen LogP contribution in [0.5, 0.6) is 5.75 Å². The number of aromatic nitrogens is 1. The van der Waals surface area contributed by atoms with Gasteiger partial charge in [0.15, 0.2) is 11.6 Å². The predicted octanol–water partition coefficient (Wildman–Crippen LogP) is 6.22. The molecule has 38 heavy (non-hydrogen) atoms. The van der Waals surface area contributed by atoms with E-state index in [-0.39, 0.29) is 17.1 Å². The smallest absolute Gasteiger partial charge is 0.419 e. The van der Waals surface area contributed by atoms with E-state index in [9.17, 15) is 26.7 Å². The zero-order chi connectivity index (χ0) is 27.4. The zero-order valence-electron chi connectivity index (χ0n) is 20.7. The number of pyridine rings is 1. The van der Waals surface area contributed by atoms with Crippen molar-refractivity contribution >= 4 is 34.5 Å². The van der Waals surface area contributed by atoms with Crippen LogP contribution in [0.25, 0.3) is 0 Å². The number of carbonyl (C=O) groups is 1. The normalized spacial score (nSPS) is 13.7. The molecule has 1 saturated heterocycles. The summed E-state index contributed by atoms with van der Waals surface area (Å²) in [5, 5.41) is 7.64. The molecule has 3 N–H and O–H groups in total. The van der Waals surface area contributed by atoms with Gasteiger partial charge in [0.25, 0.3) is 5.91 Å². The number of methoxy groups -OCH3 is 1. The molecule has 2 heterocycles. The number of hydrogen-bond donors (Lipinski definition) is 3. The van der Waals surface area contributed by atoms with E-state index in [2.05, 4.69) is 25.8 Å². The lowest BCUT2D eigenvalue weighted by atomic mass is 10.1. The highest BCUT2D eigenvalue weighted by molar-refractivity contribution is 6.00.